The average molecular weight is 263 g/mol. The van der Waals surface area contributed by atoms with E-state index in [2.05, 4.69) is 10.4 Å². The Morgan fingerprint density at radius 2 is 2.35 bits per heavy atom. The number of thioether (sulfide) groups is 1. The van der Waals surface area contributed by atoms with Gasteiger partial charge >= 0.3 is 0 Å². The fourth-order valence-electron chi connectivity index (χ4n) is 2.57. The lowest BCUT2D eigenvalue weighted by Crippen LogP contribution is -2.05. The fourth-order valence-corrected chi connectivity index (χ4v) is 3.48. The van der Waals surface area contributed by atoms with Gasteiger partial charge in [0.2, 0.25) is 0 Å². The molecule has 86 valence electrons. The van der Waals surface area contributed by atoms with Crippen molar-refractivity contribution < 1.29 is 0 Å². The number of aromatic amines is 1. The van der Waals surface area contributed by atoms with Crippen molar-refractivity contribution in [1.82, 2.24) is 4.98 Å². The number of H-pyrrole nitrogens is 1. The van der Waals surface area contributed by atoms with E-state index in [1.165, 1.54) is 28.4 Å². The summed E-state index contributed by atoms with van der Waals surface area (Å²) < 4.78 is 0. The third-order valence-corrected chi connectivity index (χ3v) is 4.41. The summed E-state index contributed by atoms with van der Waals surface area (Å²) in [5.74, 6) is 0. The predicted molar refractivity (Wildman–Crippen MR) is 72.2 cm³/mol. The monoisotopic (exact) mass is 262 g/mol. The van der Waals surface area contributed by atoms with Crippen LogP contribution < -0.4 is 0 Å². The number of fused-ring (bicyclic) bond motifs is 3. The second kappa shape index (κ2) is 4.29. The van der Waals surface area contributed by atoms with Crippen molar-refractivity contribution in [3.05, 3.63) is 34.5 Å². The zero-order chi connectivity index (χ0) is 11.8. The van der Waals surface area contributed by atoms with Crippen LogP contribution in [0.5, 0.6) is 0 Å². The minimum Gasteiger partial charge on any atom is -0.357 e. The average Bonchev–Trinajstić information content (AvgIpc) is 2.69. The van der Waals surface area contributed by atoms with Crippen LogP contribution in [0.25, 0.3) is 10.9 Å². The van der Waals surface area contributed by atoms with E-state index in [9.17, 15) is 0 Å². The number of aryl methyl sites for hydroxylation is 1. The number of hydrogen-bond acceptors (Lipinski definition) is 2. The highest BCUT2D eigenvalue weighted by Crippen LogP contribution is 2.42. The first-order valence-corrected chi connectivity index (χ1v) is 6.90. The number of benzene rings is 1. The van der Waals surface area contributed by atoms with Gasteiger partial charge in [-0.1, -0.05) is 11.6 Å². The number of hydrogen-bond donors (Lipinski definition) is 1. The first-order chi connectivity index (χ1) is 8.29. The molecule has 0 aliphatic heterocycles. The summed E-state index contributed by atoms with van der Waals surface area (Å²) in [7, 11) is 0. The van der Waals surface area contributed by atoms with E-state index in [1.54, 1.807) is 0 Å². The largest absolute Gasteiger partial charge is 0.357 e. The molecule has 1 aliphatic rings. The molecule has 1 aromatic heterocycles. The quantitative estimate of drug-likeness (QED) is 0.773. The molecule has 2 nitrogen and oxygen atoms in total. The Morgan fingerprint density at radius 1 is 1.47 bits per heavy atom. The summed E-state index contributed by atoms with van der Waals surface area (Å²) in [6.45, 7) is 0. The molecule has 0 saturated heterocycles. The van der Waals surface area contributed by atoms with E-state index in [4.69, 9.17) is 16.9 Å². The van der Waals surface area contributed by atoms with Crippen molar-refractivity contribution in [2.75, 3.05) is 0 Å². The normalized spacial score (nSPS) is 18.9. The summed E-state index contributed by atoms with van der Waals surface area (Å²) in [5, 5.41) is 13.3. The number of nitriles is 1. The highest BCUT2D eigenvalue weighted by atomic mass is 35.5. The molecule has 0 fully saturated rings. The van der Waals surface area contributed by atoms with Crippen LogP contribution in [0, 0.1) is 10.7 Å². The lowest BCUT2D eigenvalue weighted by molar-refractivity contribution is 0.669. The maximum absolute atomic E-state index is 8.84. The second-order valence-electron chi connectivity index (χ2n) is 4.30. The van der Waals surface area contributed by atoms with Gasteiger partial charge in [0.25, 0.3) is 0 Å². The smallest absolute Gasteiger partial charge is 0.134 e. The van der Waals surface area contributed by atoms with Crippen molar-refractivity contribution in [1.29, 1.82) is 5.26 Å². The summed E-state index contributed by atoms with van der Waals surface area (Å²) in [6, 6.07) is 5.94. The molecule has 1 aliphatic carbocycles. The van der Waals surface area contributed by atoms with Crippen LogP contribution in [0.2, 0.25) is 5.02 Å². The van der Waals surface area contributed by atoms with Crippen molar-refractivity contribution in [3.63, 3.8) is 0 Å². The molecule has 0 bridgehead atoms. The number of thiocyanates is 1. The van der Waals surface area contributed by atoms with Gasteiger partial charge in [0, 0.05) is 21.6 Å². The molecule has 1 aromatic carbocycles. The highest BCUT2D eigenvalue weighted by Gasteiger charge is 2.24. The maximum atomic E-state index is 8.84. The molecule has 0 saturated carbocycles. The summed E-state index contributed by atoms with van der Waals surface area (Å²) in [4.78, 5) is 3.45. The lowest BCUT2D eigenvalue weighted by atomic mass is 9.95. The van der Waals surface area contributed by atoms with Gasteiger partial charge < -0.3 is 4.98 Å². The molecule has 4 heteroatoms. The van der Waals surface area contributed by atoms with Gasteiger partial charge in [-0.2, -0.15) is 5.26 Å². The number of aromatic nitrogens is 1. The number of nitrogens with one attached hydrogen (secondary N) is 1. The molecule has 2 aromatic rings. The Kier molecular flexibility index (Phi) is 2.78. The van der Waals surface area contributed by atoms with Crippen molar-refractivity contribution in [2.45, 2.75) is 24.5 Å². The summed E-state index contributed by atoms with van der Waals surface area (Å²) in [6.07, 6.45) is 3.30. The predicted octanol–water partition coefficient (Wildman–Crippen LogP) is 4.41. The van der Waals surface area contributed by atoms with Gasteiger partial charge in [0.1, 0.15) is 5.40 Å². The van der Waals surface area contributed by atoms with Crippen LogP contribution in [0.1, 0.15) is 29.3 Å². The molecule has 1 heterocycles. The van der Waals surface area contributed by atoms with Gasteiger partial charge in [0.15, 0.2) is 0 Å². The second-order valence-corrected chi connectivity index (χ2v) is 5.72. The lowest BCUT2D eigenvalue weighted by Gasteiger charge is -2.19. The topological polar surface area (TPSA) is 39.6 Å². The molecule has 17 heavy (non-hydrogen) atoms. The van der Waals surface area contributed by atoms with E-state index >= 15 is 0 Å². The van der Waals surface area contributed by atoms with Crippen molar-refractivity contribution in [2.24, 2.45) is 0 Å². The third-order valence-electron chi connectivity index (χ3n) is 3.31. The molecule has 0 radical (unpaired) electrons. The van der Waals surface area contributed by atoms with E-state index < -0.39 is 0 Å². The Morgan fingerprint density at radius 3 is 3.18 bits per heavy atom. The first-order valence-electron chi connectivity index (χ1n) is 5.64. The van der Waals surface area contributed by atoms with Gasteiger partial charge in [-0.15, -0.1) is 0 Å². The standard InChI is InChI=1S/C13H11ClN2S/c14-8-4-5-11-10(6-8)9-2-1-3-12(17-7-15)13(9)16-11/h4-6,12,16H,1-3H2. The zero-order valence-corrected chi connectivity index (χ0v) is 10.7. The molecule has 3 rings (SSSR count). The van der Waals surface area contributed by atoms with E-state index in [1.807, 2.05) is 18.2 Å². The van der Waals surface area contributed by atoms with Crippen LogP contribution in [-0.4, -0.2) is 4.98 Å². The van der Waals surface area contributed by atoms with E-state index in [0.29, 0.717) is 0 Å². The Labute approximate surface area is 109 Å². The minimum absolute atomic E-state index is 0.287. The fraction of sp³-hybridized carbons (Fsp3) is 0.308. The Balaban J connectivity index is 2.19. The number of rotatable bonds is 1. The summed E-state index contributed by atoms with van der Waals surface area (Å²) >= 11 is 7.40. The molecular formula is C13H11ClN2S. The van der Waals surface area contributed by atoms with Crippen LogP contribution in [-0.2, 0) is 6.42 Å². The van der Waals surface area contributed by atoms with Crippen molar-refractivity contribution in [3.8, 4) is 5.40 Å². The first kappa shape index (κ1) is 11.0. The summed E-state index contributed by atoms with van der Waals surface area (Å²) in [5.41, 5.74) is 3.70. The molecule has 0 spiro atoms. The van der Waals surface area contributed by atoms with E-state index in [-0.39, 0.29) is 5.25 Å². The van der Waals surface area contributed by atoms with Crippen LogP contribution >= 0.6 is 23.4 Å². The van der Waals surface area contributed by atoms with Crippen LogP contribution in [0.15, 0.2) is 18.2 Å². The van der Waals surface area contributed by atoms with Gasteiger partial charge in [-0.3, -0.25) is 0 Å². The molecule has 0 amide bonds. The molecule has 1 N–H and O–H groups in total. The number of halogens is 1. The molecule has 1 unspecified atom stereocenters. The minimum atomic E-state index is 0.287. The van der Waals surface area contributed by atoms with Crippen LogP contribution in [0.4, 0.5) is 0 Å². The van der Waals surface area contributed by atoms with Crippen molar-refractivity contribution >= 4 is 34.3 Å². The zero-order valence-electron chi connectivity index (χ0n) is 9.16. The van der Waals surface area contributed by atoms with Gasteiger partial charge in [-0.25, -0.2) is 0 Å². The van der Waals surface area contributed by atoms with E-state index in [0.717, 1.165) is 29.8 Å². The Hall–Kier alpha value is -1.11. The third kappa shape index (κ3) is 1.82. The SMILES string of the molecule is N#CSC1CCCc2c1[nH]c1ccc(Cl)cc21. The van der Waals surface area contributed by atoms with Gasteiger partial charge in [0.05, 0.1) is 5.25 Å². The number of nitrogens with zero attached hydrogens (tertiary/aromatic N) is 1. The molecule has 1 atom stereocenters. The van der Waals surface area contributed by atoms with Gasteiger partial charge in [-0.05, 0) is 54.8 Å². The molecular weight excluding hydrogens is 252 g/mol. The highest BCUT2D eigenvalue weighted by molar-refractivity contribution is 8.03. The van der Waals surface area contributed by atoms with Crippen LogP contribution in [0.3, 0.4) is 0 Å². The maximum Gasteiger partial charge on any atom is 0.134 e. The Bertz CT molecular complexity index is 612.